The fraction of sp³-hybridized carbons (Fsp3) is 0.238. The number of fused-ring (bicyclic) bond motifs is 1. The maximum Gasteiger partial charge on any atom is 0.229 e. The molecule has 2 amide bonds. The van der Waals surface area contributed by atoms with E-state index in [1.807, 2.05) is 66.3 Å². The second kappa shape index (κ2) is 6.79. The van der Waals surface area contributed by atoms with E-state index in [0.717, 1.165) is 16.6 Å². The van der Waals surface area contributed by atoms with Crippen LogP contribution in [0.5, 0.6) is 5.75 Å². The predicted molar refractivity (Wildman–Crippen MR) is 105 cm³/mol. The van der Waals surface area contributed by atoms with Crippen LogP contribution in [0.2, 0.25) is 0 Å². The second-order valence-electron chi connectivity index (χ2n) is 6.73. The first-order valence-electron chi connectivity index (χ1n) is 8.87. The minimum atomic E-state index is -0.401. The SMILES string of the molecule is COc1ccccc1N1C[C@@H](C(=O)Nc2cccc3c2ccn3C)CC1=O. The third kappa shape index (κ3) is 3.03. The van der Waals surface area contributed by atoms with Crippen LogP contribution in [0.25, 0.3) is 10.9 Å². The molecule has 0 aliphatic carbocycles. The normalized spacial score (nSPS) is 16.7. The van der Waals surface area contributed by atoms with Gasteiger partial charge in [0, 0.05) is 37.1 Å². The van der Waals surface area contributed by atoms with Crippen LogP contribution in [-0.4, -0.2) is 30.0 Å². The Kier molecular flexibility index (Phi) is 4.32. The second-order valence-corrected chi connectivity index (χ2v) is 6.73. The van der Waals surface area contributed by atoms with Gasteiger partial charge in [0.25, 0.3) is 0 Å². The fourth-order valence-corrected chi connectivity index (χ4v) is 3.61. The minimum Gasteiger partial charge on any atom is -0.495 e. The lowest BCUT2D eigenvalue weighted by atomic mass is 10.1. The van der Waals surface area contributed by atoms with E-state index in [-0.39, 0.29) is 18.2 Å². The van der Waals surface area contributed by atoms with Gasteiger partial charge in [-0.2, -0.15) is 0 Å². The number of nitrogens with one attached hydrogen (secondary N) is 1. The molecule has 6 nitrogen and oxygen atoms in total. The lowest BCUT2D eigenvalue weighted by Crippen LogP contribution is -2.28. The van der Waals surface area contributed by atoms with E-state index < -0.39 is 5.92 Å². The van der Waals surface area contributed by atoms with Crippen molar-refractivity contribution in [1.29, 1.82) is 0 Å². The number of carbonyl (C=O) groups excluding carboxylic acids is 2. The van der Waals surface area contributed by atoms with Crippen LogP contribution in [0.1, 0.15) is 6.42 Å². The highest BCUT2D eigenvalue weighted by Crippen LogP contribution is 2.33. The minimum absolute atomic E-state index is 0.0717. The molecule has 2 aromatic carbocycles. The number of rotatable bonds is 4. The van der Waals surface area contributed by atoms with Crippen LogP contribution in [0.15, 0.2) is 54.7 Å². The zero-order valence-corrected chi connectivity index (χ0v) is 15.3. The zero-order chi connectivity index (χ0) is 19.0. The summed E-state index contributed by atoms with van der Waals surface area (Å²) in [6.07, 6.45) is 2.15. The molecule has 0 saturated carbocycles. The van der Waals surface area contributed by atoms with Crippen LogP contribution in [0, 0.1) is 5.92 Å². The molecule has 2 heterocycles. The highest BCUT2D eigenvalue weighted by molar-refractivity contribution is 6.07. The molecule has 1 aliphatic rings. The number of methoxy groups -OCH3 is 1. The van der Waals surface area contributed by atoms with E-state index in [1.54, 1.807) is 12.0 Å². The first-order valence-corrected chi connectivity index (χ1v) is 8.87. The molecule has 4 rings (SSSR count). The molecule has 3 aromatic rings. The molecule has 1 saturated heterocycles. The van der Waals surface area contributed by atoms with Crippen LogP contribution in [-0.2, 0) is 16.6 Å². The number of carbonyl (C=O) groups is 2. The van der Waals surface area contributed by atoms with Gasteiger partial charge in [0.1, 0.15) is 5.75 Å². The third-order valence-corrected chi connectivity index (χ3v) is 5.06. The van der Waals surface area contributed by atoms with E-state index >= 15 is 0 Å². The Morgan fingerprint density at radius 2 is 1.96 bits per heavy atom. The van der Waals surface area contributed by atoms with Gasteiger partial charge in [-0.15, -0.1) is 0 Å². The number of hydrogen-bond acceptors (Lipinski definition) is 3. The molecule has 27 heavy (non-hydrogen) atoms. The summed E-state index contributed by atoms with van der Waals surface area (Å²) in [5, 5.41) is 3.98. The lowest BCUT2D eigenvalue weighted by Gasteiger charge is -2.19. The fourth-order valence-electron chi connectivity index (χ4n) is 3.61. The summed E-state index contributed by atoms with van der Waals surface area (Å²) in [7, 11) is 3.54. The van der Waals surface area contributed by atoms with E-state index in [4.69, 9.17) is 4.74 Å². The molecule has 1 N–H and O–H groups in total. The van der Waals surface area contributed by atoms with Gasteiger partial charge in [-0.25, -0.2) is 0 Å². The predicted octanol–water partition coefficient (Wildman–Crippen LogP) is 3.18. The van der Waals surface area contributed by atoms with Crippen molar-refractivity contribution in [3.8, 4) is 5.75 Å². The van der Waals surface area contributed by atoms with Gasteiger partial charge in [0.05, 0.1) is 24.4 Å². The molecule has 0 spiro atoms. The zero-order valence-electron chi connectivity index (χ0n) is 15.3. The lowest BCUT2D eigenvalue weighted by molar-refractivity contribution is -0.122. The average molecular weight is 363 g/mol. The van der Waals surface area contributed by atoms with Crippen LogP contribution >= 0.6 is 0 Å². The summed E-state index contributed by atoms with van der Waals surface area (Å²) in [5.41, 5.74) is 2.51. The number of aromatic nitrogens is 1. The number of amides is 2. The molecule has 1 fully saturated rings. The molecule has 0 unspecified atom stereocenters. The van der Waals surface area contributed by atoms with Crippen molar-refractivity contribution in [2.24, 2.45) is 13.0 Å². The molecular weight excluding hydrogens is 342 g/mol. The Hall–Kier alpha value is -3.28. The third-order valence-electron chi connectivity index (χ3n) is 5.06. The van der Waals surface area contributed by atoms with Crippen LogP contribution < -0.4 is 15.0 Å². The Labute approximate surface area is 157 Å². The molecule has 1 aromatic heterocycles. The molecule has 138 valence electrons. The average Bonchev–Trinajstić information content (AvgIpc) is 3.26. The maximum absolute atomic E-state index is 12.8. The van der Waals surface area contributed by atoms with Gasteiger partial charge in [0.15, 0.2) is 0 Å². The summed E-state index contributed by atoms with van der Waals surface area (Å²) in [6.45, 7) is 0.343. The largest absolute Gasteiger partial charge is 0.495 e. The topological polar surface area (TPSA) is 63.6 Å². The van der Waals surface area contributed by atoms with Gasteiger partial charge in [-0.05, 0) is 30.3 Å². The quantitative estimate of drug-likeness (QED) is 0.774. The number of benzene rings is 2. The summed E-state index contributed by atoms with van der Waals surface area (Å²) in [6, 6.07) is 15.1. The summed E-state index contributed by atoms with van der Waals surface area (Å²) >= 11 is 0. The number of ether oxygens (including phenoxy) is 1. The first kappa shape index (κ1) is 17.1. The summed E-state index contributed by atoms with van der Waals surface area (Å²) < 4.78 is 7.36. The number of anilines is 2. The smallest absolute Gasteiger partial charge is 0.229 e. The van der Waals surface area contributed by atoms with Crippen molar-refractivity contribution in [2.45, 2.75) is 6.42 Å². The molecule has 6 heteroatoms. The van der Waals surface area contributed by atoms with Gasteiger partial charge in [0.2, 0.25) is 11.8 Å². The number of hydrogen-bond donors (Lipinski definition) is 1. The van der Waals surface area contributed by atoms with Crippen molar-refractivity contribution in [1.82, 2.24) is 4.57 Å². The standard InChI is InChI=1S/C21H21N3O3/c1-23-11-10-15-16(6-5-8-17(15)23)22-21(26)14-12-20(25)24(13-14)18-7-3-4-9-19(18)27-2/h3-11,14H,12-13H2,1-2H3,(H,22,26)/t14-/m0/s1. The molecular formula is C21H21N3O3. The van der Waals surface area contributed by atoms with E-state index in [2.05, 4.69) is 5.32 Å². The molecule has 1 aliphatic heterocycles. The molecule has 0 bridgehead atoms. The Balaban J connectivity index is 1.54. The number of nitrogens with zero attached hydrogens (tertiary/aromatic N) is 2. The summed E-state index contributed by atoms with van der Waals surface area (Å²) in [4.78, 5) is 27.0. The number of para-hydroxylation sites is 2. The summed E-state index contributed by atoms with van der Waals surface area (Å²) in [5.74, 6) is 0.0111. The van der Waals surface area contributed by atoms with Crippen LogP contribution in [0.3, 0.4) is 0 Å². The monoisotopic (exact) mass is 363 g/mol. The van der Waals surface area contributed by atoms with Crippen molar-refractivity contribution < 1.29 is 14.3 Å². The van der Waals surface area contributed by atoms with Crippen LogP contribution in [0.4, 0.5) is 11.4 Å². The number of aryl methyl sites for hydroxylation is 1. The van der Waals surface area contributed by atoms with Crippen molar-refractivity contribution in [3.05, 3.63) is 54.7 Å². The van der Waals surface area contributed by atoms with Crippen molar-refractivity contribution in [2.75, 3.05) is 23.9 Å². The van der Waals surface area contributed by atoms with Gasteiger partial charge in [-0.1, -0.05) is 18.2 Å². The molecule has 0 radical (unpaired) electrons. The Bertz CT molecular complexity index is 1020. The van der Waals surface area contributed by atoms with Gasteiger partial charge in [-0.3, -0.25) is 9.59 Å². The van der Waals surface area contributed by atoms with Crippen molar-refractivity contribution >= 4 is 34.1 Å². The highest BCUT2D eigenvalue weighted by atomic mass is 16.5. The maximum atomic E-state index is 12.8. The Morgan fingerprint density at radius 1 is 1.15 bits per heavy atom. The van der Waals surface area contributed by atoms with E-state index in [1.165, 1.54) is 0 Å². The van der Waals surface area contributed by atoms with Gasteiger partial charge >= 0.3 is 0 Å². The van der Waals surface area contributed by atoms with E-state index in [0.29, 0.717) is 18.0 Å². The van der Waals surface area contributed by atoms with Gasteiger partial charge < -0.3 is 19.5 Å². The first-order chi connectivity index (χ1) is 13.1. The molecule has 1 atom stereocenters. The Morgan fingerprint density at radius 3 is 2.78 bits per heavy atom. The highest BCUT2D eigenvalue weighted by Gasteiger charge is 2.36. The van der Waals surface area contributed by atoms with Crippen molar-refractivity contribution in [3.63, 3.8) is 0 Å². The van der Waals surface area contributed by atoms with E-state index in [9.17, 15) is 9.59 Å².